The van der Waals surface area contributed by atoms with Gasteiger partial charge in [0.05, 0.1) is 11.5 Å². The van der Waals surface area contributed by atoms with Gasteiger partial charge in [-0.1, -0.05) is 6.07 Å². The Kier molecular flexibility index (Phi) is 3.95. The van der Waals surface area contributed by atoms with Crippen molar-refractivity contribution in [3.63, 3.8) is 0 Å². The minimum Gasteiger partial charge on any atom is -0.330 e. The molecule has 0 spiro atoms. The van der Waals surface area contributed by atoms with Crippen molar-refractivity contribution in [3.8, 4) is 0 Å². The van der Waals surface area contributed by atoms with Gasteiger partial charge in [0.25, 0.3) is 0 Å². The third-order valence-electron chi connectivity index (χ3n) is 2.60. The van der Waals surface area contributed by atoms with Gasteiger partial charge < -0.3 is 5.73 Å². The van der Waals surface area contributed by atoms with Gasteiger partial charge >= 0.3 is 12.4 Å². The van der Waals surface area contributed by atoms with Crippen molar-refractivity contribution in [2.45, 2.75) is 25.2 Å². The standard InChI is InChI=1S/C11H11F6N/c1-6-4-7(10(12,13)14)2-3-8(6)9(5-18)11(15,16)17/h2-4,9H,5,18H2,1H3. The van der Waals surface area contributed by atoms with Crippen molar-refractivity contribution in [2.75, 3.05) is 6.54 Å². The van der Waals surface area contributed by atoms with Crippen LogP contribution in [0.25, 0.3) is 0 Å². The van der Waals surface area contributed by atoms with E-state index in [1.807, 2.05) is 0 Å². The Bertz CT molecular complexity index is 421. The molecule has 0 aromatic heterocycles. The number of aryl methyl sites for hydroxylation is 1. The Morgan fingerprint density at radius 2 is 1.67 bits per heavy atom. The zero-order valence-corrected chi connectivity index (χ0v) is 9.36. The molecule has 1 aromatic rings. The van der Waals surface area contributed by atoms with Crippen LogP contribution >= 0.6 is 0 Å². The second-order valence-corrected chi connectivity index (χ2v) is 3.90. The van der Waals surface area contributed by atoms with Crippen LogP contribution < -0.4 is 5.73 Å². The second kappa shape index (κ2) is 4.79. The SMILES string of the molecule is Cc1cc(C(F)(F)F)ccc1C(CN)C(F)(F)F. The highest BCUT2D eigenvalue weighted by molar-refractivity contribution is 5.35. The number of hydrogen-bond acceptors (Lipinski definition) is 1. The molecule has 0 saturated heterocycles. The predicted octanol–water partition coefficient (Wildman–Crippen LogP) is 3.62. The largest absolute Gasteiger partial charge is 0.416 e. The van der Waals surface area contributed by atoms with Crippen LogP contribution in [0.2, 0.25) is 0 Å². The maximum atomic E-state index is 12.6. The van der Waals surface area contributed by atoms with Crippen LogP contribution in [-0.4, -0.2) is 12.7 Å². The van der Waals surface area contributed by atoms with E-state index in [-0.39, 0.29) is 11.1 Å². The molecule has 0 saturated carbocycles. The van der Waals surface area contributed by atoms with Crippen LogP contribution in [0.3, 0.4) is 0 Å². The Labute approximate surface area is 99.6 Å². The maximum absolute atomic E-state index is 12.6. The Morgan fingerprint density at radius 1 is 1.11 bits per heavy atom. The monoisotopic (exact) mass is 271 g/mol. The number of nitrogens with two attached hydrogens (primary N) is 1. The summed E-state index contributed by atoms with van der Waals surface area (Å²) < 4.78 is 75.0. The highest BCUT2D eigenvalue weighted by Crippen LogP contribution is 2.37. The molecule has 0 radical (unpaired) electrons. The lowest BCUT2D eigenvalue weighted by molar-refractivity contribution is -0.148. The van der Waals surface area contributed by atoms with E-state index >= 15 is 0 Å². The van der Waals surface area contributed by atoms with Crippen molar-refractivity contribution in [3.05, 3.63) is 34.9 Å². The Morgan fingerprint density at radius 3 is 2.00 bits per heavy atom. The molecule has 1 rings (SSSR count). The van der Waals surface area contributed by atoms with Gasteiger partial charge in [0.2, 0.25) is 0 Å². The van der Waals surface area contributed by atoms with Crippen molar-refractivity contribution >= 4 is 0 Å². The highest BCUT2D eigenvalue weighted by Gasteiger charge is 2.41. The summed E-state index contributed by atoms with van der Waals surface area (Å²) >= 11 is 0. The number of benzene rings is 1. The van der Waals surface area contributed by atoms with Gasteiger partial charge in [-0.2, -0.15) is 26.3 Å². The van der Waals surface area contributed by atoms with Gasteiger partial charge in [-0.3, -0.25) is 0 Å². The average Bonchev–Trinajstić information content (AvgIpc) is 2.17. The van der Waals surface area contributed by atoms with Gasteiger partial charge in [-0.15, -0.1) is 0 Å². The summed E-state index contributed by atoms with van der Waals surface area (Å²) in [6.07, 6.45) is -9.14. The summed E-state index contributed by atoms with van der Waals surface area (Å²) in [4.78, 5) is 0. The smallest absolute Gasteiger partial charge is 0.330 e. The fraction of sp³-hybridized carbons (Fsp3) is 0.455. The molecule has 0 aliphatic heterocycles. The molecule has 18 heavy (non-hydrogen) atoms. The molecular formula is C11H11F6N. The molecule has 1 unspecified atom stereocenters. The average molecular weight is 271 g/mol. The zero-order chi connectivity index (χ0) is 14.1. The molecule has 0 aliphatic rings. The summed E-state index contributed by atoms with van der Waals surface area (Å²) in [5.41, 5.74) is 3.78. The van der Waals surface area contributed by atoms with Crippen LogP contribution in [0.5, 0.6) is 0 Å². The first-order valence-corrected chi connectivity index (χ1v) is 5.02. The lowest BCUT2D eigenvalue weighted by atomic mass is 9.93. The van der Waals surface area contributed by atoms with E-state index in [0.717, 1.165) is 6.07 Å². The number of hydrogen-bond donors (Lipinski definition) is 1. The molecule has 0 fully saturated rings. The predicted molar refractivity (Wildman–Crippen MR) is 54.0 cm³/mol. The quantitative estimate of drug-likeness (QED) is 0.817. The molecule has 1 atom stereocenters. The molecule has 2 N–H and O–H groups in total. The van der Waals surface area contributed by atoms with Crippen molar-refractivity contribution in [1.29, 1.82) is 0 Å². The van der Waals surface area contributed by atoms with Crippen LogP contribution in [0.15, 0.2) is 18.2 Å². The summed E-state index contributed by atoms with van der Waals surface area (Å²) in [5.74, 6) is -1.94. The van der Waals surface area contributed by atoms with Gasteiger partial charge in [0, 0.05) is 6.54 Å². The number of rotatable bonds is 2. The zero-order valence-electron chi connectivity index (χ0n) is 9.36. The third kappa shape index (κ3) is 3.16. The van der Waals surface area contributed by atoms with Crippen molar-refractivity contribution in [1.82, 2.24) is 0 Å². The topological polar surface area (TPSA) is 26.0 Å². The normalized spacial score (nSPS) is 14.7. The summed E-state index contributed by atoms with van der Waals surface area (Å²) in [5, 5.41) is 0. The highest BCUT2D eigenvalue weighted by atomic mass is 19.4. The molecule has 0 bridgehead atoms. The summed E-state index contributed by atoms with van der Waals surface area (Å²) in [6, 6.07) is 2.17. The maximum Gasteiger partial charge on any atom is 0.416 e. The molecular weight excluding hydrogens is 260 g/mol. The minimum atomic E-state index is -4.57. The second-order valence-electron chi connectivity index (χ2n) is 3.90. The third-order valence-corrected chi connectivity index (χ3v) is 2.60. The van der Waals surface area contributed by atoms with Crippen molar-refractivity contribution < 1.29 is 26.3 Å². The van der Waals surface area contributed by atoms with Crippen molar-refractivity contribution in [2.24, 2.45) is 5.73 Å². The summed E-state index contributed by atoms with van der Waals surface area (Å²) in [6.45, 7) is 0.509. The lowest BCUT2D eigenvalue weighted by Crippen LogP contribution is -2.28. The van der Waals surface area contributed by atoms with E-state index in [0.29, 0.717) is 12.1 Å². The number of halogens is 6. The van der Waals surface area contributed by atoms with E-state index in [1.54, 1.807) is 0 Å². The molecule has 1 aromatic carbocycles. The van der Waals surface area contributed by atoms with Gasteiger partial charge in [-0.25, -0.2) is 0 Å². The first kappa shape index (κ1) is 14.8. The van der Waals surface area contributed by atoms with Crippen LogP contribution in [0.1, 0.15) is 22.6 Å². The Balaban J connectivity index is 3.21. The first-order chi connectivity index (χ1) is 8.07. The lowest BCUT2D eigenvalue weighted by Gasteiger charge is -2.21. The van der Waals surface area contributed by atoms with E-state index in [2.05, 4.69) is 0 Å². The molecule has 0 heterocycles. The van der Waals surface area contributed by atoms with E-state index < -0.39 is 30.4 Å². The first-order valence-electron chi connectivity index (χ1n) is 5.02. The Hall–Kier alpha value is -1.24. The fourth-order valence-electron chi connectivity index (χ4n) is 1.68. The molecule has 0 amide bonds. The molecule has 7 heteroatoms. The van der Waals surface area contributed by atoms with Gasteiger partial charge in [0.1, 0.15) is 0 Å². The fourth-order valence-corrected chi connectivity index (χ4v) is 1.68. The van der Waals surface area contributed by atoms with E-state index in [9.17, 15) is 26.3 Å². The van der Waals surface area contributed by atoms with Crippen LogP contribution in [0, 0.1) is 6.92 Å². The molecule has 1 nitrogen and oxygen atoms in total. The van der Waals surface area contributed by atoms with Gasteiger partial charge in [0.15, 0.2) is 0 Å². The van der Waals surface area contributed by atoms with Gasteiger partial charge in [-0.05, 0) is 30.2 Å². The molecule has 102 valence electrons. The van der Waals surface area contributed by atoms with Crippen LogP contribution in [-0.2, 0) is 6.18 Å². The molecule has 0 aliphatic carbocycles. The number of alkyl halides is 6. The minimum absolute atomic E-state index is 0.0717. The van der Waals surface area contributed by atoms with E-state index in [4.69, 9.17) is 5.73 Å². The van der Waals surface area contributed by atoms with Crippen LogP contribution in [0.4, 0.5) is 26.3 Å². The summed E-state index contributed by atoms with van der Waals surface area (Å²) in [7, 11) is 0. The van der Waals surface area contributed by atoms with E-state index in [1.165, 1.54) is 6.92 Å².